The van der Waals surface area contributed by atoms with E-state index in [0.717, 1.165) is 13.1 Å². The van der Waals surface area contributed by atoms with Crippen LogP contribution in [0.1, 0.15) is 10.4 Å². The predicted octanol–water partition coefficient (Wildman–Crippen LogP) is 1.40. The molecule has 104 valence electrons. The van der Waals surface area contributed by atoms with Gasteiger partial charge in [-0.25, -0.2) is 0 Å². The fourth-order valence-electron chi connectivity index (χ4n) is 2.14. The Morgan fingerprint density at radius 1 is 1.26 bits per heavy atom. The number of methoxy groups -OCH3 is 2. The molecule has 1 N–H and O–H groups in total. The average molecular weight is 285 g/mol. The normalized spacial score (nSPS) is 15.2. The summed E-state index contributed by atoms with van der Waals surface area (Å²) in [4.78, 5) is 14.4. The predicted molar refractivity (Wildman–Crippen MR) is 73.3 cm³/mol. The summed E-state index contributed by atoms with van der Waals surface area (Å²) in [5.41, 5.74) is 0.388. The molecule has 5 nitrogen and oxygen atoms in total. The van der Waals surface area contributed by atoms with Crippen LogP contribution in [0.5, 0.6) is 11.5 Å². The number of carbonyl (C=O) groups excluding carboxylic acids is 1. The van der Waals surface area contributed by atoms with Crippen LogP contribution in [0.4, 0.5) is 0 Å². The zero-order valence-electron chi connectivity index (χ0n) is 11.0. The number of rotatable bonds is 3. The summed E-state index contributed by atoms with van der Waals surface area (Å²) < 4.78 is 10.5. The van der Waals surface area contributed by atoms with E-state index in [1.165, 1.54) is 14.2 Å². The molecule has 1 saturated heterocycles. The van der Waals surface area contributed by atoms with Crippen LogP contribution in [0.15, 0.2) is 12.1 Å². The van der Waals surface area contributed by atoms with Gasteiger partial charge in [0, 0.05) is 26.2 Å². The van der Waals surface area contributed by atoms with Gasteiger partial charge in [0.15, 0.2) is 5.75 Å². The van der Waals surface area contributed by atoms with E-state index in [-0.39, 0.29) is 5.91 Å². The van der Waals surface area contributed by atoms with Crippen molar-refractivity contribution in [3.63, 3.8) is 0 Å². The maximum atomic E-state index is 12.6. The van der Waals surface area contributed by atoms with Gasteiger partial charge in [-0.3, -0.25) is 4.79 Å². The first-order valence-corrected chi connectivity index (χ1v) is 6.47. The molecule has 0 spiro atoms. The number of halogens is 1. The topological polar surface area (TPSA) is 50.8 Å². The molecule has 1 aromatic carbocycles. The van der Waals surface area contributed by atoms with Crippen molar-refractivity contribution in [3.8, 4) is 11.5 Å². The van der Waals surface area contributed by atoms with Gasteiger partial charge in [0.2, 0.25) is 0 Å². The molecule has 0 radical (unpaired) electrons. The lowest BCUT2D eigenvalue weighted by molar-refractivity contribution is 0.0729. The molecule has 0 atom stereocenters. The number of benzene rings is 1. The minimum Gasteiger partial charge on any atom is -0.496 e. The van der Waals surface area contributed by atoms with Crippen LogP contribution in [0.2, 0.25) is 5.02 Å². The molecule has 0 unspecified atom stereocenters. The van der Waals surface area contributed by atoms with Gasteiger partial charge >= 0.3 is 0 Å². The monoisotopic (exact) mass is 284 g/mol. The molecule has 2 rings (SSSR count). The highest BCUT2D eigenvalue weighted by molar-refractivity contribution is 6.32. The van der Waals surface area contributed by atoms with Gasteiger partial charge in [-0.15, -0.1) is 0 Å². The molecule has 1 aliphatic heterocycles. The summed E-state index contributed by atoms with van der Waals surface area (Å²) in [5, 5.41) is 3.61. The van der Waals surface area contributed by atoms with Crippen molar-refractivity contribution in [2.75, 3.05) is 40.4 Å². The summed E-state index contributed by atoms with van der Waals surface area (Å²) in [7, 11) is 3.02. The van der Waals surface area contributed by atoms with E-state index in [0.29, 0.717) is 35.2 Å². The Morgan fingerprint density at radius 3 is 2.53 bits per heavy atom. The molecular formula is C13H17ClN2O3. The van der Waals surface area contributed by atoms with Crippen molar-refractivity contribution < 1.29 is 14.3 Å². The number of hydrogen-bond acceptors (Lipinski definition) is 4. The Hall–Kier alpha value is -1.46. The first-order valence-electron chi connectivity index (χ1n) is 6.09. The Labute approximate surface area is 117 Å². The van der Waals surface area contributed by atoms with E-state index in [1.807, 2.05) is 0 Å². The van der Waals surface area contributed by atoms with Crippen LogP contribution < -0.4 is 14.8 Å². The molecule has 6 heteroatoms. The molecule has 0 aromatic heterocycles. The zero-order valence-corrected chi connectivity index (χ0v) is 11.8. The van der Waals surface area contributed by atoms with Gasteiger partial charge in [0.1, 0.15) is 11.3 Å². The largest absolute Gasteiger partial charge is 0.496 e. The summed E-state index contributed by atoms with van der Waals surface area (Å²) in [5.74, 6) is 0.729. The highest BCUT2D eigenvalue weighted by atomic mass is 35.5. The number of nitrogens with one attached hydrogen (secondary N) is 1. The van der Waals surface area contributed by atoms with Gasteiger partial charge in [-0.05, 0) is 12.1 Å². The molecule has 1 aromatic rings. The number of amides is 1. The standard InChI is InChI=1S/C13H17ClN2O3/c1-18-10-4-3-9(14)12(19-2)11(10)13(17)16-7-5-15-6-8-16/h3-4,15H,5-8H2,1-2H3. The number of hydrogen-bond donors (Lipinski definition) is 1. The number of carbonyl (C=O) groups is 1. The van der Waals surface area contributed by atoms with E-state index in [4.69, 9.17) is 21.1 Å². The highest BCUT2D eigenvalue weighted by Gasteiger charge is 2.26. The van der Waals surface area contributed by atoms with Crippen LogP contribution in [0, 0.1) is 0 Å². The van der Waals surface area contributed by atoms with Crippen molar-refractivity contribution in [2.24, 2.45) is 0 Å². The third kappa shape index (κ3) is 2.77. The van der Waals surface area contributed by atoms with E-state index in [9.17, 15) is 4.79 Å². The van der Waals surface area contributed by atoms with Crippen molar-refractivity contribution in [3.05, 3.63) is 22.7 Å². The zero-order chi connectivity index (χ0) is 13.8. The Morgan fingerprint density at radius 2 is 1.95 bits per heavy atom. The first-order chi connectivity index (χ1) is 9.19. The van der Waals surface area contributed by atoms with Crippen molar-refractivity contribution in [1.29, 1.82) is 0 Å². The molecular weight excluding hydrogens is 268 g/mol. The van der Waals surface area contributed by atoms with E-state index in [1.54, 1.807) is 17.0 Å². The van der Waals surface area contributed by atoms with E-state index < -0.39 is 0 Å². The van der Waals surface area contributed by atoms with Crippen LogP contribution in [0.3, 0.4) is 0 Å². The smallest absolute Gasteiger partial charge is 0.261 e. The van der Waals surface area contributed by atoms with Gasteiger partial charge < -0.3 is 19.7 Å². The lowest BCUT2D eigenvalue weighted by Gasteiger charge is -2.28. The summed E-state index contributed by atoms with van der Waals surface area (Å²) in [6.07, 6.45) is 0. The maximum Gasteiger partial charge on any atom is 0.261 e. The lowest BCUT2D eigenvalue weighted by Crippen LogP contribution is -2.46. The lowest BCUT2D eigenvalue weighted by atomic mass is 10.1. The van der Waals surface area contributed by atoms with Crippen molar-refractivity contribution >= 4 is 17.5 Å². The highest BCUT2D eigenvalue weighted by Crippen LogP contribution is 2.36. The molecule has 0 aliphatic carbocycles. The third-order valence-electron chi connectivity index (χ3n) is 3.11. The van der Waals surface area contributed by atoms with Crippen LogP contribution in [0.25, 0.3) is 0 Å². The molecule has 1 amide bonds. The quantitative estimate of drug-likeness (QED) is 0.912. The number of piperazine rings is 1. The summed E-state index contributed by atoms with van der Waals surface area (Å²) in [6, 6.07) is 3.34. The molecule has 1 fully saturated rings. The van der Waals surface area contributed by atoms with Crippen molar-refractivity contribution in [1.82, 2.24) is 10.2 Å². The second kappa shape index (κ2) is 6.12. The van der Waals surface area contributed by atoms with Crippen LogP contribution in [-0.2, 0) is 0 Å². The second-order valence-electron chi connectivity index (χ2n) is 4.20. The number of nitrogens with zero attached hydrogens (tertiary/aromatic N) is 1. The Bertz CT molecular complexity index is 473. The second-order valence-corrected chi connectivity index (χ2v) is 4.61. The van der Waals surface area contributed by atoms with Crippen LogP contribution in [-0.4, -0.2) is 51.2 Å². The SMILES string of the molecule is COc1ccc(Cl)c(OC)c1C(=O)N1CCNCC1. The number of ether oxygens (including phenoxy) is 2. The van der Waals surface area contributed by atoms with Gasteiger partial charge in [0.05, 0.1) is 19.2 Å². The molecule has 1 heterocycles. The fourth-order valence-corrected chi connectivity index (χ4v) is 2.37. The van der Waals surface area contributed by atoms with Crippen molar-refractivity contribution in [2.45, 2.75) is 0 Å². The summed E-state index contributed by atoms with van der Waals surface area (Å²) >= 11 is 6.08. The summed E-state index contributed by atoms with van der Waals surface area (Å²) in [6.45, 7) is 2.91. The van der Waals surface area contributed by atoms with Gasteiger partial charge in [-0.1, -0.05) is 11.6 Å². The maximum absolute atomic E-state index is 12.6. The minimum atomic E-state index is -0.113. The molecule has 1 aliphatic rings. The molecule has 19 heavy (non-hydrogen) atoms. The van der Waals surface area contributed by atoms with Gasteiger partial charge in [-0.2, -0.15) is 0 Å². The minimum absolute atomic E-state index is 0.113. The Kier molecular flexibility index (Phi) is 4.50. The fraction of sp³-hybridized carbons (Fsp3) is 0.462. The molecule has 0 bridgehead atoms. The van der Waals surface area contributed by atoms with Crippen LogP contribution >= 0.6 is 11.6 Å². The molecule has 0 saturated carbocycles. The average Bonchev–Trinajstić information content (AvgIpc) is 2.47. The van der Waals surface area contributed by atoms with Gasteiger partial charge in [0.25, 0.3) is 5.91 Å². The third-order valence-corrected chi connectivity index (χ3v) is 3.41. The first kappa shape index (κ1) is 14.0. The Balaban J connectivity index is 2.40. The van der Waals surface area contributed by atoms with E-state index in [2.05, 4.69) is 5.32 Å². The van der Waals surface area contributed by atoms with E-state index >= 15 is 0 Å².